The Morgan fingerprint density at radius 3 is 2.35 bits per heavy atom. The van der Waals surface area contributed by atoms with Gasteiger partial charge in [-0.3, -0.25) is 4.79 Å². The van der Waals surface area contributed by atoms with Crippen LogP contribution >= 0.6 is 11.6 Å². The van der Waals surface area contributed by atoms with E-state index in [2.05, 4.69) is 5.32 Å². The molecule has 0 bridgehead atoms. The molecule has 0 saturated heterocycles. The van der Waals surface area contributed by atoms with E-state index in [4.69, 9.17) is 21.1 Å². The Morgan fingerprint density at radius 2 is 1.65 bits per heavy atom. The van der Waals surface area contributed by atoms with E-state index in [0.29, 0.717) is 30.6 Å². The molecule has 0 aromatic heterocycles. The summed E-state index contributed by atoms with van der Waals surface area (Å²) in [5.41, 5.74) is 0.785. The number of hydrogen-bond donors (Lipinski definition) is 1. The first-order valence-electron chi connectivity index (χ1n) is 9.14. The lowest BCUT2D eigenvalue weighted by Crippen LogP contribution is -2.13. The zero-order valence-electron chi connectivity index (χ0n) is 14.7. The zero-order chi connectivity index (χ0) is 18.2. The zero-order valence-corrected chi connectivity index (χ0v) is 15.5. The van der Waals surface area contributed by atoms with Gasteiger partial charge in [-0.25, -0.2) is 0 Å². The first-order valence-corrected chi connectivity index (χ1v) is 9.52. The van der Waals surface area contributed by atoms with Gasteiger partial charge in [0.15, 0.2) is 0 Å². The van der Waals surface area contributed by atoms with Crippen molar-refractivity contribution in [1.29, 1.82) is 0 Å². The predicted molar refractivity (Wildman–Crippen MR) is 104 cm³/mol. The maximum atomic E-state index is 12.0. The van der Waals surface area contributed by atoms with Crippen molar-refractivity contribution in [2.75, 3.05) is 11.9 Å². The number of rotatable bonds is 8. The molecule has 0 radical (unpaired) electrons. The molecule has 0 atom stereocenters. The third-order valence-electron chi connectivity index (χ3n) is 4.37. The second-order valence-electron chi connectivity index (χ2n) is 6.50. The Bertz CT molecular complexity index is 694. The van der Waals surface area contributed by atoms with Gasteiger partial charge in [0, 0.05) is 17.1 Å². The van der Waals surface area contributed by atoms with Gasteiger partial charge in [-0.05, 0) is 80.6 Å². The first-order chi connectivity index (χ1) is 12.7. The molecule has 26 heavy (non-hydrogen) atoms. The van der Waals surface area contributed by atoms with Crippen molar-refractivity contribution in [1.82, 2.24) is 0 Å². The van der Waals surface area contributed by atoms with E-state index >= 15 is 0 Å². The van der Waals surface area contributed by atoms with E-state index in [1.807, 2.05) is 36.4 Å². The molecule has 0 aliphatic heterocycles. The fourth-order valence-corrected chi connectivity index (χ4v) is 3.12. The summed E-state index contributed by atoms with van der Waals surface area (Å²) in [4.78, 5) is 12.0. The van der Waals surface area contributed by atoms with Crippen molar-refractivity contribution >= 4 is 23.2 Å². The lowest BCUT2D eigenvalue weighted by Gasteiger charge is -2.13. The number of hydrogen-bond acceptors (Lipinski definition) is 3. The first kappa shape index (κ1) is 18.6. The molecule has 1 N–H and O–H groups in total. The molecule has 3 rings (SSSR count). The Balaban J connectivity index is 1.35. The molecule has 1 fully saturated rings. The Kier molecular flexibility index (Phi) is 6.78. The summed E-state index contributed by atoms with van der Waals surface area (Å²) >= 11 is 5.83. The van der Waals surface area contributed by atoms with Gasteiger partial charge in [0.05, 0.1) is 12.7 Å². The van der Waals surface area contributed by atoms with Gasteiger partial charge >= 0.3 is 0 Å². The standard InChI is InChI=1S/C21H24ClNO3/c22-16-7-11-18(12-8-16)25-15-3-6-21(24)23-17-9-13-20(14-10-17)26-19-4-1-2-5-19/h7-14,19H,1-6,15H2,(H,23,24). The number of amides is 1. The van der Waals surface area contributed by atoms with E-state index in [-0.39, 0.29) is 5.91 Å². The second-order valence-corrected chi connectivity index (χ2v) is 6.94. The van der Waals surface area contributed by atoms with Crippen molar-refractivity contribution in [3.05, 3.63) is 53.6 Å². The quantitative estimate of drug-likeness (QED) is 0.625. The van der Waals surface area contributed by atoms with Crippen LogP contribution in [0, 0.1) is 0 Å². The van der Waals surface area contributed by atoms with Gasteiger partial charge in [-0.2, -0.15) is 0 Å². The fourth-order valence-electron chi connectivity index (χ4n) is 2.99. The summed E-state index contributed by atoms with van der Waals surface area (Å²) in [5.74, 6) is 1.60. The predicted octanol–water partition coefficient (Wildman–Crippen LogP) is 5.46. The summed E-state index contributed by atoms with van der Waals surface area (Å²) in [6.07, 6.45) is 6.18. The van der Waals surface area contributed by atoms with Gasteiger partial charge in [0.1, 0.15) is 11.5 Å². The van der Waals surface area contributed by atoms with E-state index in [0.717, 1.165) is 30.0 Å². The Labute approximate surface area is 159 Å². The van der Waals surface area contributed by atoms with Crippen molar-refractivity contribution in [3.63, 3.8) is 0 Å². The molecule has 2 aromatic rings. The summed E-state index contributed by atoms with van der Waals surface area (Å²) in [5, 5.41) is 3.58. The molecule has 1 saturated carbocycles. The van der Waals surface area contributed by atoms with Crippen molar-refractivity contribution < 1.29 is 14.3 Å². The van der Waals surface area contributed by atoms with Gasteiger partial charge in [-0.1, -0.05) is 11.6 Å². The number of ether oxygens (including phenoxy) is 2. The van der Waals surface area contributed by atoms with E-state index in [1.54, 1.807) is 12.1 Å². The van der Waals surface area contributed by atoms with Gasteiger partial charge in [0.2, 0.25) is 5.91 Å². The minimum absolute atomic E-state index is 0.0193. The molecule has 4 nitrogen and oxygen atoms in total. The van der Waals surface area contributed by atoms with Crippen molar-refractivity contribution in [2.45, 2.75) is 44.6 Å². The number of halogens is 1. The molecule has 1 aliphatic carbocycles. The van der Waals surface area contributed by atoms with E-state index in [9.17, 15) is 4.79 Å². The average molecular weight is 374 g/mol. The van der Waals surface area contributed by atoms with Crippen LogP contribution in [0.15, 0.2) is 48.5 Å². The highest BCUT2D eigenvalue weighted by Crippen LogP contribution is 2.25. The topological polar surface area (TPSA) is 47.6 Å². The summed E-state index contributed by atoms with van der Waals surface area (Å²) in [7, 11) is 0. The van der Waals surface area contributed by atoms with Crippen LogP contribution in [0.4, 0.5) is 5.69 Å². The van der Waals surface area contributed by atoms with E-state index in [1.165, 1.54) is 12.8 Å². The van der Waals surface area contributed by atoms with Crippen LogP contribution in [0.5, 0.6) is 11.5 Å². The second kappa shape index (κ2) is 9.48. The SMILES string of the molecule is O=C(CCCOc1ccc(Cl)cc1)Nc1ccc(OC2CCCC2)cc1. The number of benzene rings is 2. The molecular formula is C21H24ClNO3. The van der Waals surface area contributed by atoms with Crippen LogP contribution in [-0.2, 0) is 4.79 Å². The highest BCUT2D eigenvalue weighted by molar-refractivity contribution is 6.30. The molecule has 0 spiro atoms. The lowest BCUT2D eigenvalue weighted by molar-refractivity contribution is -0.116. The van der Waals surface area contributed by atoms with Crippen LogP contribution in [0.2, 0.25) is 5.02 Å². The Hall–Kier alpha value is -2.20. The summed E-state index contributed by atoms with van der Waals surface area (Å²) < 4.78 is 11.5. The highest BCUT2D eigenvalue weighted by atomic mass is 35.5. The molecule has 5 heteroatoms. The molecule has 138 valence electrons. The molecule has 0 heterocycles. The normalized spacial score (nSPS) is 14.2. The van der Waals surface area contributed by atoms with Crippen LogP contribution in [0.3, 0.4) is 0 Å². The minimum atomic E-state index is -0.0193. The van der Waals surface area contributed by atoms with Crippen LogP contribution < -0.4 is 14.8 Å². The van der Waals surface area contributed by atoms with E-state index < -0.39 is 0 Å². The number of carbonyl (C=O) groups excluding carboxylic acids is 1. The smallest absolute Gasteiger partial charge is 0.224 e. The molecule has 2 aromatic carbocycles. The molecular weight excluding hydrogens is 350 g/mol. The fraction of sp³-hybridized carbons (Fsp3) is 0.381. The molecule has 0 unspecified atom stereocenters. The summed E-state index contributed by atoms with van der Waals surface area (Å²) in [6.45, 7) is 0.489. The van der Waals surface area contributed by atoms with Gasteiger partial charge in [-0.15, -0.1) is 0 Å². The van der Waals surface area contributed by atoms with Crippen molar-refractivity contribution in [3.8, 4) is 11.5 Å². The Morgan fingerprint density at radius 1 is 1.00 bits per heavy atom. The number of nitrogens with one attached hydrogen (secondary N) is 1. The third kappa shape index (κ3) is 5.95. The largest absolute Gasteiger partial charge is 0.494 e. The molecule has 1 amide bonds. The van der Waals surface area contributed by atoms with Crippen LogP contribution in [0.25, 0.3) is 0 Å². The maximum Gasteiger partial charge on any atom is 0.224 e. The van der Waals surface area contributed by atoms with Gasteiger partial charge < -0.3 is 14.8 Å². The minimum Gasteiger partial charge on any atom is -0.494 e. The van der Waals surface area contributed by atoms with Crippen LogP contribution in [-0.4, -0.2) is 18.6 Å². The van der Waals surface area contributed by atoms with Gasteiger partial charge in [0.25, 0.3) is 0 Å². The average Bonchev–Trinajstić information content (AvgIpc) is 3.15. The monoisotopic (exact) mass is 373 g/mol. The highest BCUT2D eigenvalue weighted by Gasteiger charge is 2.16. The van der Waals surface area contributed by atoms with Crippen LogP contribution in [0.1, 0.15) is 38.5 Å². The third-order valence-corrected chi connectivity index (χ3v) is 4.63. The molecule has 1 aliphatic rings. The summed E-state index contributed by atoms with van der Waals surface area (Å²) in [6, 6.07) is 14.8. The van der Waals surface area contributed by atoms with Crippen molar-refractivity contribution in [2.24, 2.45) is 0 Å². The number of carbonyl (C=O) groups is 1. The lowest BCUT2D eigenvalue weighted by atomic mass is 10.2. The number of anilines is 1. The maximum absolute atomic E-state index is 12.0.